The normalized spacial score (nSPS) is 13.3. The van der Waals surface area contributed by atoms with E-state index in [1.165, 1.54) is 23.5 Å². The van der Waals surface area contributed by atoms with Crippen molar-refractivity contribution in [1.29, 1.82) is 0 Å². The second-order valence-electron chi connectivity index (χ2n) is 4.45. The molecule has 20 heavy (non-hydrogen) atoms. The second kappa shape index (κ2) is 5.51. The molecule has 0 spiro atoms. The highest BCUT2D eigenvalue weighted by Gasteiger charge is 2.24. The molecule has 0 saturated carbocycles. The van der Waals surface area contributed by atoms with E-state index >= 15 is 0 Å². The van der Waals surface area contributed by atoms with E-state index in [1.807, 2.05) is 19.1 Å². The lowest BCUT2D eigenvalue weighted by molar-refractivity contribution is 0.549. The first-order chi connectivity index (χ1) is 9.31. The van der Waals surface area contributed by atoms with Crippen LogP contribution in [0.5, 0.6) is 0 Å². The second-order valence-corrected chi connectivity index (χ2v) is 7.42. The van der Waals surface area contributed by atoms with Gasteiger partial charge in [-0.25, -0.2) is 17.5 Å². The van der Waals surface area contributed by atoms with Crippen LogP contribution in [0.25, 0.3) is 0 Å². The van der Waals surface area contributed by atoms with E-state index in [9.17, 15) is 12.8 Å². The average Bonchev–Trinajstić information content (AvgIpc) is 2.74. The first-order valence-electron chi connectivity index (χ1n) is 5.94. The number of hydrogen-bond acceptors (Lipinski definition) is 4. The van der Waals surface area contributed by atoms with E-state index in [4.69, 9.17) is 5.73 Å². The van der Waals surface area contributed by atoms with Crippen LogP contribution in [0.3, 0.4) is 0 Å². The molecule has 7 heteroatoms. The minimum Gasteiger partial charge on any atom is -0.398 e. The fraction of sp³-hybridized carbons (Fsp3) is 0.231. The van der Waals surface area contributed by atoms with Crippen molar-refractivity contribution in [3.05, 3.63) is 45.9 Å². The van der Waals surface area contributed by atoms with Gasteiger partial charge >= 0.3 is 0 Å². The zero-order valence-corrected chi connectivity index (χ0v) is 12.7. The van der Waals surface area contributed by atoms with Gasteiger partial charge in [-0.3, -0.25) is 0 Å². The fourth-order valence-corrected chi connectivity index (χ4v) is 4.21. The van der Waals surface area contributed by atoms with Gasteiger partial charge in [-0.2, -0.15) is 0 Å². The van der Waals surface area contributed by atoms with Gasteiger partial charge in [-0.05, 0) is 38.1 Å². The van der Waals surface area contributed by atoms with Crippen molar-refractivity contribution in [2.75, 3.05) is 5.73 Å². The number of nitrogens with two attached hydrogens (primary N) is 1. The van der Waals surface area contributed by atoms with E-state index in [2.05, 4.69) is 4.72 Å². The largest absolute Gasteiger partial charge is 0.398 e. The van der Waals surface area contributed by atoms with E-state index in [0.29, 0.717) is 0 Å². The average molecular weight is 314 g/mol. The molecule has 4 nitrogen and oxygen atoms in total. The van der Waals surface area contributed by atoms with Gasteiger partial charge in [0.05, 0.1) is 11.7 Å². The number of sulfonamides is 1. The number of hydrogen-bond donors (Lipinski definition) is 2. The fourth-order valence-electron chi connectivity index (χ4n) is 1.84. The zero-order valence-electron chi connectivity index (χ0n) is 11.1. The number of thiophene rings is 1. The predicted molar refractivity (Wildman–Crippen MR) is 78.6 cm³/mol. The van der Waals surface area contributed by atoms with Crippen LogP contribution in [-0.4, -0.2) is 8.42 Å². The molecule has 3 N–H and O–H groups in total. The monoisotopic (exact) mass is 314 g/mol. The van der Waals surface area contributed by atoms with Gasteiger partial charge in [-0.1, -0.05) is 6.07 Å². The van der Waals surface area contributed by atoms with Crippen LogP contribution >= 0.6 is 11.3 Å². The number of nitrogens with one attached hydrogen (secondary N) is 1. The molecule has 0 aliphatic carbocycles. The van der Waals surface area contributed by atoms with Crippen LogP contribution in [0.2, 0.25) is 0 Å². The number of halogens is 1. The Morgan fingerprint density at radius 3 is 2.55 bits per heavy atom. The molecule has 1 unspecified atom stereocenters. The molecule has 0 amide bonds. The summed E-state index contributed by atoms with van der Waals surface area (Å²) in [4.78, 5) is 1.44. The van der Waals surface area contributed by atoms with Crippen molar-refractivity contribution < 1.29 is 12.8 Å². The van der Waals surface area contributed by atoms with Crippen LogP contribution in [-0.2, 0) is 10.0 Å². The smallest absolute Gasteiger partial charge is 0.246 e. The first kappa shape index (κ1) is 15.0. The highest BCUT2D eigenvalue weighted by molar-refractivity contribution is 7.89. The van der Waals surface area contributed by atoms with Crippen molar-refractivity contribution in [2.45, 2.75) is 24.8 Å². The molecule has 1 aromatic carbocycles. The highest BCUT2D eigenvalue weighted by atomic mass is 32.2. The summed E-state index contributed by atoms with van der Waals surface area (Å²) in [7, 11) is -4.00. The van der Waals surface area contributed by atoms with E-state index < -0.39 is 26.8 Å². The summed E-state index contributed by atoms with van der Waals surface area (Å²) in [5.41, 5.74) is 5.46. The number of nitrogen functional groups attached to an aromatic ring is 1. The van der Waals surface area contributed by atoms with Gasteiger partial charge in [0.25, 0.3) is 0 Å². The summed E-state index contributed by atoms with van der Waals surface area (Å²) in [6.07, 6.45) is 0. The molecule has 1 heterocycles. The van der Waals surface area contributed by atoms with E-state index in [1.54, 1.807) is 6.92 Å². The van der Waals surface area contributed by atoms with Crippen LogP contribution in [0.15, 0.2) is 35.2 Å². The molecular formula is C13H15FN2O2S2. The molecule has 108 valence electrons. The third-order valence-electron chi connectivity index (χ3n) is 2.79. The van der Waals surface area contributed by atoms with Crippen molar-refractivity contribution in [1.82, 2.24) is 4.72 Å². The SMILES string of the molecule is Cc1ccc(C(C)NS(=O)(=O)c2c(N)cccc2F)s1. The molecule has 2 rings (SSSR count). The lowest BCUT2D eigenvalue weighted by Gasteiger charge is -2.14. The number of anilines is 1. The summed E-state index contributed by atoms with van der Waals surface area (Å²) in [6.45, 7) is 3.64. The van der Waals surface area contributed by atoms with Gasteiger partial charge < -0.3 is 5.73 Å². The molecule has 2 aromatic rings. The van der Waals surface area contributed by atoms with Crippen LogP contribution < -0.4 is 10.5 Å². The van der Waals surface area contributed by atoms with Gasteiger partial charge in [0.1, 0.15) is 10.7 Å². The Hall–Kier alpha value is -1.44. The summed E-state index contributed by atoms with van der Waals surface area (Å²) in [6, 6.07) is 7.11. The number of aryl methyl sites for hydroxylation is 1. The molecule has 0 saturated heterocycles. The Labute approximate surface area is 121 Å². The molecule has 0 fully saturated rings. The Bertz CT molecular complexity index is 705. The Balaban J connectivity index is 2.32. The van der Waals surface area contributed by atoms with Crippen molar-refractivity contribution >= 4 is 27.0 Å². The summed E-state index contributed by atoms with van der Waals surface area (Å²) in [5, 5.41) is 0. The lowest BCUT2D eigenvalue weighted by atomic mass is 10.3. The molecule has 1 atom stereocenters. The standard InChI is InChI=1S/C13H15FN2O2S2/c1-8-6-7-12(19-8)9(2)16-20(17,18)13-10(14)4-3-5-11(13)15/h3-7,9,16H,15H2,1-2H3. The van der Waals surface area contributed by atoms with Crippen LogP contribution in [0, 0.1) is 12.7 Å². The molecule has 0 radical (unpaired) electrons. The third kappa shape index (κ3) is 3.00. The van der Waals surface area contributed by atoms with Crippen molar-refractivity contribution in [3.63, 3.8) is 0 Å². The van der Waals surface area contributed by atoms with Crippen LogP contribution in [0.1, 0.15) is 22.7 Å². The Morgan fingerprint density at radius 1 is 1.30 bits per heavy atom. The summed E-state index contributed by atoms with van der Waals surface area (Å²) >= 11 is 1.49. The first-order valence-corrected chi connectivity index (χ1v) is 8.24. The lowest BCUT2D eigenvalue weighted by Crippen LogP contribution is -2.28. The quantitative estimate of drug-likeness (QED) is 0.852. The molecule has 0 aliphatic heterocycles. The predicted octanol–water partition coefficient (Wildman–Crippen LogP) is 2.82. The van der Waals surface area contributed by atoms with Gasteiger partial charge in [0.2, 0.25) is 10.0 Å². The van der Waals surface area contributed by atoms with Crippen molar-refractivity contribution in [2.24, 2.45) is 0 Å². The Kier molecular flexibility index (Phi) is 4.12. The topological polar surface area (TPSA) is 72.2 Å². The van der Waals surface area contributed by atoms with Crippen LogP contribution in [0.4, 0.5) is 10.1 Å². The summed E-state index contributed by atoms with van der Waals surface area (Å²) in [5.74, 6) is -0.855. The maximum atomic E-state index is 13.7. The molecule has 1 aromatic heterocycles. The molecule has 0 aliphatic rings. The number of rotatable bonds is 4. The summed E-state index contributed by atoms with van der Waals surface area (Å²) < 4.78 is 40.6. The van der Waals surface area contributed by atoms with Gasteiger partial charge in [0.15, 0.2) is 0 Å². The molecular weight excluding hydrogens is 299 g/mol. The zero-order chi connectivity index (χ0) is 14.9. The maximum absolute atomic E-state index is 13.7. The van der Waals surface area contributed by atoms with Gasteiger partial charge in [0, 0.05) is 9.75 Å². The maximum Gasteiger partial charge on any atom is 0.246 e. The third-order valence-corrected chi connectivity index (χ3v) is 5.60. The van der Waals surface area contributed by atoms with E-state index in [-0.39, 0.29) is 5.69 Å². The highest BCUT2D eigenvalue weighted by Crippen LogP contribution is 2.26. The van der Waals surface area contributed by atoms with Crippen molar-refractivity contribution in [3.8, 4) is 0 Å². The van der Waals surface area contributed by atoms with Gasteiger partial charge in [-0.15, -0.1) is 11.3 Å². The molecule has 0 bridgehead atoms. The Morgan fingerprint density at radius 2 is 2.00 bits per heavy atom. The number of benzene rings is 1. The van der Waals surface area contributed by atoms with E-state index in [0.717, 1.165) is 15.8 Å². The minimum absolute atomic E-state index is 0.105. The minimum atomic E-state index is -4.00.